The molecule has 0 spiro atoms. The third kappa shape index (κ3) is 4.67. The summed E-state index contributed by atoms with van der Waals surface area (Å²) in [4.78, 5) is 0.114. The lowest BCUT2D eigenvalue weighted by Gasteiger charge is -2.24. The SMILES string of the molecule is C=CCN(c1ccc(OC2CCCC2)cc1)S(=O)(=O)c1ccc(OC)c(OC)c1. The fourth-order valence-electron chi connectivity index (χ4n) is 3.45. The molecular formula is C22H27NO5S. The summed E-state index contributed by atoms with van der Waals surface area (Å²) in [5.41, 5.74) is 0.540. The molecule has 0 bridgehead atoms. The molecule has 156 valence electrons. The fraction of sp³-hybridized carbons (Fsp3) is 0.364. The minimum atomic E-state index is -3.82. The summed E-state index contributed by atoms with van der Waals surface area (Å²) >= 11 is 0. The lowest BCUT2D eigenvalue weighted by atomic mass is 10.2. The number of methoxy groups -OCH3 is 2. The first-order valence-electron chi connectivity index (χ1n) is 9.62. The zero-order valence-corrected chi connectivity index (χ0v) is 17.7. The van der Waals surface area contributed by atoms with Gasteiger partial charge in [-0.15, -0.1) is 6.58 Å². The number of hydrogen-bond donors (Lipinski definition) is 0. The fourth-order valence-corrected chi connectivity index (χ4v) is 4.90. The van der Waals surface area contributed by atoms with E-state index >= 15 is 0 Å². The van der Waals surface area contributed by atoms with Crippen LogP contribution >= 0.6 is 0 Å². The van der Waals surface area contributed by atoms with Crippen molar-refractivity contribution in [2.45, 2.75) is 36.7 Å². The number of benzene rings is 2. The van der Waals surface area contributed by atoms with E-state index in [0.29, 0.717) is 17.2 Å². The van der Waals surface area contributed by atoms with Gasteiger partial charge >= 0.3 is 0 Å². The summed E-state index contributed by atoms with van der Waals surface area (Å²) in [6, 6.07) is 11.7. The van der Waals surface area contributed by atoms with Crippen LogP contribution in [0.5, 0.6) is 17.2 Å². The van der Waals surface area contributed by atoms with Crippen molar-refractivity contribution in [2.24, 2.45) is 0 Å². The number of hydrogen-bond acceptors (Lipinski definition) is 5. The molecule has 1 fully saturated rings. The average Bonchev–Trinajstić information content (AvgIpc) is 3.25. The smallest absolute Gasteiger partial charge is 0.264 e. The summed E-state index contributed by atoms with van der Waals surface area (Å²) in [6.07, 6.45) is 6.33. The molecule has 2 aromatic rings. The highest BCUT2D eigenvalue weighted by Crippen LogP contribution is 2.33. The Balaban J connectivity index is 1.88. The van der Waals surface area contributed by atoms with E-state index in [2.05, 4.69) is 6.58 Å². The molecule has 6 nitrogen and oxygen atoms in total. The molecule has 7 heteroatoms. The second-order valence-electron chi connectivity index (χ2n) is 6.86. The molecule has 0 saturated heterocycles. The highest BCUT2D eigenvalue weighted by atomic mass is 32.2. The van der Waals surface area contributed by atoms with Crippen LogP contribution in [-0.4, -0.2) is 35.3 Å². The first-order chi connectivity index (χ1) is 14.0. The van der Waals surface area contributed by atoms with E-state index in [1.54, 1.807) is 24.3 Å². The Morgan fingerprint density at radius 2 is 1.69 bits per heavy atom. The second kappa shape index (κ2) is 9.22. The summed E-state index contributed by atoms with van der Waals surface area (Å²) in [7, 11) is -0.847. The van der Waals surface area contributed by atoms with Gasteiger partial charge in [0.05, 0.1) is 37.5 Å². The van der Waals surface area contributed by atoms with Crippen molar-refractivity contribution in [3.05, 3.63) is 55.1 Å². The van der Waals surface area contributed by atoms with Crippen LogP contribution in [0.1, 0.15) is 25.7 Å². The lowest BCUT2D eigenvalue weighted by molar-refractivity contribution is 0.210. The van der Waals surface area contributed by atoms with Gasteiger partial charge < -0.3 is 14.2 Å². The molecule has 3 rings (SSSR count). The van der Waals surface area contributed by atoms with Crippen LogP contribution in [0.25, 0.3) is 0 Å². The number of anilines is 1. The Hall–Kier alpha value is -2.67. The van der Waals surface area contributed by atoms with Gasteiger partial charge in [0.15, 0.2) is 11.5 Å². The van der Waals surface area contributed by atoms with Gasteiger partial charge in [-0.1, -0.05) is 6.08 Å². The van der Waals surface area contributed by atoms with E-state index in [0.717, 1.165) is 18.6 Å². The molecular weight excluding hydrogens is 390 g/mol. The maximum atomic E-state index is 13.3. The topological polar surface area (TPSA) is 65.1 Å². The van der Waals surface area contributed by atoms with E-state index < -0.39 is 10.0 Å². The number of nitrogens with zero attached hydrogens (tertiary/aromatic N) is 1. The predicted molar refractivity (Wildman–Crippen MR) is 114 cm³/mol. The van der Waals surface area contributed by atoms with Gasteiger partial charge in [0.1, 0.15) is 5.75 Å². The Bertz CT molecular complexity index is 934. The number of ether oxygens (including phenoxy) is 3. The molecule has 0 aromatic heterocycles. The monoisotopic (exact) mass is 417 g/mol. The van der Waals surface area contributed by atoms with E-state index in [1.807, 2.05) is 12.1 Å². The third-order valence-electron chi connectivity index (χ3n) is 4.97. The van der Waals surface area contributed by atoms with Gasteiger partial charge in [-0.3, -0.25) is 4.31 Å². The molecule has 0 heterocycles. The van der Waals surface area contributed by atoms with Gasteiger partial charge in [-0.25, -0.2) is 8.42 Å². The summed E-state index contributed by atoms with van der Waals surface area (Å²) < 4.78 is 44.3. The van der Waals surface area contributed by atoms with Gasteiger partial charge in [0.25, 0.3) is 10.0 Å². The number of rotatable bonds is 9. The average molecular weight is 418 g/mol. The maximum Gasteiger partial charge on any atom is 0.264 e. The number of sulfonamides is 1. The van der Waals surface area contributed by atoms with Crippen LogP contribution in [0.15, 0.2) is 60.0 Å². The van der Waals surface area contributed by atoms with Crippen molar-refractivity contribution >= 4 is 15.7 Å². The molecule has 0 unspecified atom stereocenters. The molecule has 0 aliphatic heterocycles. The molecule has 2 aromatic carbocycles. The largest absolute Gasteiger partial charge is 0.493 e. The molecule has 0 N–H and O–H groups in total. The molecule has 0 radical (unpaired) electrons. The molecule has 1 aliphatic carbocycles. The third-order valence-corrected chi connectivity index (χ3v) is 6.76. The quantitative estimate of drug-likeness (QED) is 0.566. The van der Waals surface area contributed by atoms with E-state index in [-0.39, 0.29) is 17.5 Å². The van der Waals surface area contributed by atoms with Crippen LogP contribution in [0.2, 0.25) is 0 Å². The predicted octanol–water partition coefficient (Wildman–Crippen LogP) is 4.41. The van der Waals surface area contributed by atoms with E-state index in [4.69, 9.17) is 14.2 Å². The van der Waals surface area contributed by atoms with Crippen molar-refractivity contribution in [3.8, 4) is 17.2 Å². The van der Waals surface area contributed by atoms with Crippen molar-refractivity contribution in [1.82, 2.24) is 0 Å². The second-order valence-corrected chi connectivity index (χ2v) is 8.72. The first kappa shape index (κ1) is 21.0. The van der Waals surface area contributed by atoms with Crippen LogP contribution in [0.3, 0.4) is 0 Å². The van der Waals surface area contributed by atoms with Crippen molar-refractivity contribution in [2.75, 3.05) is 25.1 Å². The summed E-state index contributed by atoms with van der Waals surface area (Å²) in [6.45, 7) is 3.84. The van der Waals surface area contributed by atoms with Crippen LogP contribution in [0.4, 0.5) is 5.69 Å². The summed E-state index contributed by atoms with van der Waals surface area (Å²) in [5, 5.41) is 0. The molecule has 29 heavy (non-hydrogen) atoms. The Morgan fingerprint density at radius 1 is 1.03 bits per heavy atom. The van der Waals surface area contributed by atoms with E-state index in [9.17, 15) is 8.42 Å². The zero-order chi connectivity index (χ0) is 20.9. The van der Waals surface area contributed by atoms with Gasteiger partial charge in [0, 0.05) is 6.07 Å². The van der Waals surface area contributed by atoms with Gasteiger partial charge in [-0.05, 0) is 62.1 Å². The highest BCUT2D eigenvalue weighted by Gasteiger charge is 2.26. The maximum absolute atomic E-state index is 13.3. The normalized spacial score (nSPS) is 14.4. The lowest BCUT2D eigenvalue weighted by Crippen LogP contribution is -2.31. The highest BCUT2D eigenvalue weighted by molar-refractivity contribution is 7.92. The molecule has 0 amide bonds. The molecule has 1 aliphatic rings. The minimum Gasteiger partial charge on any atom is -0.493 e. The standard InChI is InChI=1S/C22H27NO5S/c1-4-15-23(17-9-11-19(12-10-17)28-18-7-5-6-8-18)29(24,25)20-13-14-21(26-2)22(16-20)27-3/h4,9-14,16,18H,1,5-8,15H2,2-3H3. The van der Waals surface area contributed by atoms with Crippen LogP contribution in [0, 0.1) is 0 Å². The molecule has 0 atom stereocenters. The Kier molecular flexibility index (Phi) is 6.69. The Labute approximate surface area is 172 Å². The summed E-state index contributed by atoms with van der Waals surface area (Å²) in [5.74, 6) is 1.57. The molecule has 1 saturated carbocycles. The van der Waals surface area contributed by atoms with Crippen LogP contribution in [-0.2, 0) is 10.0 Å². The van der Waals surface area contributed by atoms with Crippen molar-refractivity contribution < 1.29 is 22.6 Å². The van der Waals surface area contributed by atoms with Gasteiger partial charge in [0.2, 0.25) is 0 Å². The first-order valence-corrected chi connectivity index (χ1v) is 11.1. The van der Waals surface area contributed by atoms with Crippen molar-refractivity contribution in [1.29, 1.82) is 0 Å². The van der Waals surface area contributed by atoms with Crippen molar-refractivity contribution in [3.63, 3.8) is 0 Å². The van der Waals surface area contributed by atoms with Gasteiger partial charge in [-0.2, -0.15) is 0 Å². The Morgan fingerprint density at radius 3 is 2.28 bits per heavy atom. The minimum absolute atomic E-state index is 0.114. The van der Waals surface area contributed by atoms with Crippen LogP contribution < -0.4 is 18.5 Å². The zero-order valence-electron chi connectivity index (χ0n) is 16.8. The van der Waals surface area contributed by atoms with E-state index in [1.165, 1.54) is 43.5 Å².